The van der Waals surface area contributed by atoms with Gasteiger partial charge in [0.25, 0.3) is 5.91 Å². The fraction of sp³-hybridized carbons (Fsp3) is 0.417. The quantitative estimate of drug-likeness (QED) is 0.863. The van der Waals surface area contributed by atoms with Gasteiger partial charge in [0.2, 0.25) is 0 Å². The predicted molar refractivity (Wildman–Crippen MR) is 76.0 cm³/mol. The number of rotatable bonds is 2. The third-order valence-corrected chi connectivity index (χ3v) is 3.33. The molecule has 1 aromatic heterocycles. The van der Waals surface area contributed by atoms with Gasteiger partial charge in [-0.05, 0) is 43.3 Å². The largest absolute Gasteiger partial charge is 0.334 e. The van der Waals surface area contributed by atoms with E-state index in [1.54, 1.807) is 6.07 Å². The molecule has 0 aliphatic carbocycles. The van der Waals surface area contributed by atoms with Crippen molar-refractivity contribution in [3.05, 3.63) is 26.9 Å². The van der Waals surface area contributed by atoms with Gasteiger partial charge in [-0.2, -0.15) is 5.26 Å². The van der Waals surface area contributed by atoms with Gasteiger partial charge in [-0.15, -0.1) is 0 Å². The zero-order valence-electron chi connectivity index (χ0n) is 10.3. The first-order valence-electron chi connectivity index (χ1n) is 5.27. The zero-order valence-corrected chi connectivity index (χ0v) is 13.5. The Morgan fingerprint density at radius 1 is 1.50 bits per heavy atom. The Morgan fingerprint density at radius 3 is 2.56 bits per heavy atom. The number of carbonyl (C=O) groups excluding carboxylic acids is 1. The van der Waals surface area contributed by atoms with Crippen molar-refractivity contribution in [2.24, 2.45) is 5.41 Å². The number of nitrogens with zero attached hydrogens (tertiary/aromatic N) is 2. The van der Waals surface area contributed by atoms with Gasteiger partial charge in [0.05, 0.1) is 10.5 Å². The molecule has 1 atom stereocenters. The highest BCUT2D eigenvalue weighted by Gasteiger charge is 2.27. The highest BCUT2D eigenvalue weighted by Crippen LogP contribution is 2.22. The SMILES string of the molecule is CC(C)(C)[C@@H](C#N)NC(=O)c1ncc(Br)cc1Br. The molecule has 0 aromatic carbocycles. The second-order valence-corrected chi connectivity index (χ2v) is 6.66. The monoisotopic (exact) mass is 373 g/mol. The van der Waals surface area contributed by atoms with E-state index in [-0.39, 0.29) is 17.0 Å². The summed E-state index contributed by atoms with van der Waals surface area (Å²) < 4.78 is 1.36. The predicted octanol–water partition coefficient (Wildman–Crippen LogP) is 3.27. The minimum Gasteiger partial charge on any atom is -0.334 e. The molecular weight excluding hydrogens is 362 g/mol. The smallest absolute Gasteiger partial charge is 0.272 e. The summed E-state index contributed by atoms with van der Waals surface area (Å²) in [6.45, 7) is 5.68. The first-order valence-corrected chi connectivity index (χ1v) is 6.86. The summed E-state index contributed by atoms with van der Waals surface area (Å²) in [4.78, 5) is 16.1. The average molecular weight is 375 g/mol. The number of amides is 1. The van der Waals surface area contributed by atoms with E-state index in [1.165, 1.54) is 6.20 Å². The van der Waals surface area contributed by atoms with Gasteiger partial charge in [0, 0.05) is 10.7 Å². The molecule has 0 radical (unpaired) electrons. The normalized spacial score (nSPS) is 12.7. The van der Waals surface area contributed by atoms with E-state index in [2.05, 4.69) is 48.2 Å². The highest BCUT2D eigenvalue weighted by molar-refractivity contribution is 9.11. The Balaban J connectivity index is 2.93. The Bertz CT molecular complexity index is 503. The highest BCUT2D eigenvalue weighted by atomic mass is 79.9. The molecule has 0 aliphatic heterocycles. The van der Waals surface area contributed by atoms with E-state index in [1.807, 2.05) is 20.8 Å². The van der Waals surface area contributed by atoms with Crippen LogP contribution in [0.1, 0.15) is 31.3 Å². The molecule has 1 heterocycles. The van der Waals surface area contributed by atoms with Crippen molar-refractivity contribution < 1.29 is 4.79 Å². The van der Waals surface area contributed by atoms with Crippen LogP contribution in [0, 0.1) is 16.7 Å². The van der Waals surface area contributed by atoms with Gasteiger partial charge in [-0.25, -0.2) is 4.98 Å². The molecule has 96 valence electrons. The molecule has 1 aromatic rings. The lowest BCUT2D eigenvalue weighted by Crippen LogP contribution is -2.43. The maximum atomic E-state index is 12.0. The molecular formula is C12H13Br2N3O. The van der Waals surface area contributed by atoms with Gasteiger partial charge in [-0.3, -0.25) is 4.79 Å². The summed E-state index contributed by atoms with van der Waals surface area (Å²) in [7, 11) is 0. The van der Waals surface area contributed by atoms with Crippen LogP contribution < -0.4 is 5.32 Å². The van der Waals surface area contributed by atoms with Crippen LogP contribution in [0.25, 0.3) is 0 Å². The number of hydrogen-bond acceptors (Lipinski definition) is 3. The number of carbonyl (C=O) groups is 1. The first-order chi connectivity index (χ1) is 8.25. The molecule has 0 unspecified atom stereocenters. The third-order valence-electron chi connectivity index (χ3n) is 2.29. The molecule has 18 heavy (non-hydrogen) atoms. The Kier molecular flexibility index (Phi) is 4.88. The van der Waals surface area contributed by atoms with Crippen molar-refractivity contribution in [2.45, 2.75) is 26.8 Å². The lowest BCUT2D eigenvalue weighted by molar-refractivity contribution is 0.0916. The zero-order chi connectivity index (χ0) is 13.9. The van der Waals surface area contributed by atoms with Gasteiger partial charge < -0.3 is 5.32 Å². The standard InChI is InChI=1S/C12H13Br2N3O/c1-12(2,3)9(5-15)17-11(18)10-8(14)4-7(13)6-16-10/h4,6,9H,1-3H3,(H,17,18)/t9-/m1/s1. The maximum absolute atomic E-state index is 12.0. The third kappa shape index (κ3) is 3.79. The lowest BCUT2D eigenvalue weighted by atomic mass is 9.87. The number of hydrogen-bond donors (Lipinski definition) is 1. The molecule has 0 saturated carbocycles. The summed E-state index contributed by atoms with van der Waals surface area (Å²) in [6.07, 6.45) is 1.54. The van der Waals surface area contributed by atoms with E-state index in [9.17, 15) is 4.79 Å². The topological polar surface area (TPSA) is 65.8 Å². The summed E-state index contributed by atoms with van der Waals surface area (Å²) in [6, 6.07) is 3.26. The molecule has 0 aliphatic rings. The van der Waals surface area contributed by atoms with Crippen molar-refractivity contribution in [1.29, 1.82) is 5.26 Å². The summed E-state index contributed by atoms with van der Waals surface area (Å²) >= 11 is 6.54. The number of aromatic nitrogens is 1. The van der Waals surface area contributed by atoms with E-state index in [4.69, 9.17) is 5.26 Å². The van der Waals surface area contributed by atoms with Crippen LogP contribution in [0.2, 0.25) is 0 Å². The molecule has 1 rings (SSSR count). The first kappa shape index (κ1) is 15.1. The van der Waals surface area contributed by atoms with E-state index >= 15 is 0 Å². The minimum absolute atomic E-state index is 0.266. The van der Waals surface area contributed by atoms with Gasteiger partial charge in [0.1, 0.15) is 11.7 Å². The van der Waals surface area contributed by atoms with Crippen molar-refractivity contribution in [1.82, 2.24) is 10.3 Å². The molecule has 4 nitrogen and oxygen atoms in total. The fourth-order valence-electron chi connectivity index (χ4n) is 1.22. The molecule has 6 heteroatoms. The van der Waals surface area contributed by atoms with Gasteiger partial charge in [0.15, 0.2) is 0 Å². The number of halogens is 2. The van der Waals surface area contributed by atoms with Gasteiger partial charge in [-0.1, -0.05) is 20.8 Å². The Hall–Kier alpha value is -0.930. The Labute approximate surface area is 123 Å². The minimum atomic E-state index is -0.567. The van der Waals surface area contributed by atoms with Gasteiger partial charge >= 0.3 is 0 Å². The molecule has 0 saturated heterocycles. The molecule has 0 fully saturated rings. The number of pyridine rings is 1. The second-order valence-electron chi connectivity index (χ2n) is 4.89. The van der Waals surface area contributed by atoms with E-state index in [0.29, 0.717) is 4.47 Å². The van der Waals surface area contributed by atoms with Crippen LogP contribution >= 0.6 is 31.9 Å². The van der Waals surface area contributed by atoms with Crippen LogP contribution in [0.5, 0.6) is 0 Å². The number of nitrogens with one attached hydrogen (secondary N) is 1. The molecule has 0 spiro atoms. The molecule has 1 amide bonds. The summed E-state index contributed by atoms with van der Waals surface area (Å²) in [5, 5.41) is 11.7. The van der Waals surface area contributed by atoms with Crippen LogP contribution in [0.15, 0.2) is 21.2 Å². The van der Waals surface area contributed by atoms with Crippen molar-refractivity contribution in [2.75, 3.05) is 0 Å². The van der Waals surface area contributed by atoms with Crippen molar-refractivity contribution >= 4 is 37.8 Å². The maximum Gasteiger partial charge on any atom is 0.272 e. The summed E-state index contributed by atoms with van der Waals surface area (Å²) in [5.74, 6) is -0.365. The van der Waals surface area contributed by atoms with E-state index in [0.717, 1.165) is 4.47 Å². The van der Waals surface area contributed by atoms with Crippen LogP contribution in [0.3, 0.4) is 0 Å². The van der Waals surface area contributed by atoms with Crippen LogP contribution in [0.4, 0.5) is 0 Å². The molecule has 1 N–H and O–H groups in total. The Morgan fingerprint density at radius 2 is 2.11 bits per heavy atom. The van der Waals surface area contributed by atoms with Crippen LogP contribution in [-0.4, -0.2) is 16.9 Å². The van der Waals surface area contributed by atoms with Crippen molar-refractivity contribution in [3.8, 4) is 6.07 Å². The lowest BCUT2D eigenvalue weighted by Gasteiger charge is -2.25. The number of nitriles is 1. The summed E-state index contributed by atoms with van der Waals surface area (Å²) in [5.41, 5.74) is -0.0607. The van der Waals surface area contributed by atoms with Crippen LogP contribution in [-0.2, 0) is 0 Å². The molecule has 0 bridgehead atoms. The second kappa shape index (κ2) is 5.81. The average Bonchev–Trinajstić information content (AvgIpc) is 2.23. The van der Waals surface area contributed by atoms with Crippen molar-refractivity contribution in [3.63, 3.8) is 0 Å². The van der Waals surface area contributed by atoms with E-state index < -0.39 is 6.04 Å². The fourth-order valence-corrected chi connectivity index (χ4v) is 2.39.